The van der Waals surface area contributed by atoms with Crippen LogP contribution in [-0.2, 0) is 6.54 Å². The molecule has 4 fully saturated rings. The quantitative estimate of drug-likeness (QED) is 0.872. The number of hydrogen-bond acceptors (Lipinski definition) is 3. The molecule has 0 saturated heterocycles. The Bertz CT molecular complexity index is 564. The van der Waals surface area contributed by atoms with E-state index < -0.39 is 0 Å². The first-order chi connectivity index (χ1) is 11.6. The molecule has 4 aliphatic carbocycles. The fraction of sp³-hybridized carbons (Fsp3) is 0.684. The summed E-state index contributed by atoms with van der Waals surface area (Å²) in [6.45, 7) is 1.33. The van der Waals surface area contributed by atoms with E-state index in [4.69, 9.17) is 4.74 Å². The zero-order valence-corrected chi connectivity index (χ0v) is 14.4. The van der Waals surface area contributed by atoms with E-state index in [9.17, 15) is 4.79 Å². The van der Waals surface area contributed by atoms with Crippen LogP contribution in [0.25, 0.3) is 0 Å². The molecule has 5 heteroatoms. The summed E-state index contributed by atoms with van der Waals surface area (Å²) in [5.74, 6) is 3.36. The highest BCUT2D eigenvalue weighted by atomic mass is 16.5. The van der Waals surface area contributed by atoms with Crippen LogP contribution in [-0.4, -0.2) is 24.7 Å². The summed E-state index contributed by atoms with van der Waals surface area (Å²) in [4.78, 5) is 16.3. The number of carbonyl (C=O) groups excluding carboxylic acids is 1. The third kappa shape index (κ3) is 3.21. The normalized spacial score (nSPS) is 33.3. The zero-order valence-electron chi connectivity index (χ0n) is 14.4. The molecule has 1 aromatic heterocycles. The largest absolute Gasteiger partial charge is 0.481 e. The summed E-state index contributed by atoms with van der Waals surface area (Å²) in [6, 6.07) is 3.66. The van der Waals surface area contributed by atoms with Gasteiger partial charge in [-0.15, -0.1) is 0 Å². The van der Waals surface area contributed by atoms with Gasteiger partial charge in [-0.1, -0.05) is 6.07 Å². The van der Waals surface area contributed by atoms with Crippen LogP contribution in [0.3, 0.4) is 0 Å². The number of amides is 2. The predicted octanol–water partition coefficient (Wildman–Crippen LogP) is 3.11. The highest BCUT2D eigenvalue weighted by molar-refractivity contribution is 5.73. The minimum Gasteiger partial charge on any atom is -0.481 e. The van der Waals surface area contributed by atoms with E-state index in [-0.39, 0.29) is 6.03 Å². The molecule has 4 aliphatic rings. The molecule has 0 aliphatic heterocycles. The summed E-state index contributed by atoms with van der Waals surface area (Å²) >= 11 is 0. The van der Waals surface area contributed by atoms with Gasteiger partial charge in [0.25, 0.3) is 0 Å². The summed E-state index contributed by atoms with van der Waals surface area (Å²) < 4.78 is 5.04. The smallest absolute Gasteiger partial charge is 0.315 e. The maximum Gasteiger partial charge on any atom is 0.315 e. The molecular formula is C19H27N3O2. The molecule has 1 aromatic rings. The molecular weight excluding hydrogens is 302 g/mol. The van der Waals surface area contributed by atoms with E-state index in [0.717, 1.165) is 29.9 Å². The molecule has 4 saturated carbocycles. The zero-order chi connectivity index (χ0) is 16.6. The van der Waals surface area contributed by atoms with E-state index in [2.05, 4.69) is 15.6 Å². The van der Waals surface area contributed by atoms with E-state index in [1.54, 1.807) is 13.3 Å². The first-order valence-corrected chi connectivity index (χ1v) is 9.15. The number of methoxy groups -OCH3 is 1. The number of hydrogen-bond donors (Lipinski definition) is 2. The van der Waals surface area contributed by atoms with Gasteiger partial charge in [-0.05, 0) is 67.3 Å². The Labute approximate surface area is 143 Å². The monoisotopic (exact) mass is 329 g/mol. The number of nitrogens with zero attached hydrogens (tertiary/aromatic N) is 1. The minimum atomic E-state index is -0.0680. The van der Waals surface area contributed by atoms with Crippen LogP contribution in [0.15, 0.2) is 18.3 Å². The van der Waals surface area contributed by atoms with E-state index >= 15 is 0 Å². The first-order valence-electron chi connectivity index (χ1n) is 9.15. The van der Waals surface area contributed by atoms with Crippen molar-refractivity contribution in [3.05, 3.63) is 23.9 Å². The second-order valence-electron chi connectivity index (χ2n) is 8.16. The summed E-state index contributed by atoms with van der Waals surface area (Å²) in [5, 5.41) is 6.08. The van der Waals surface area contributed by atoms with Gasteiger partial charge < -0.3 is 15.4 Å². The van der Waals surface area contributed by atoms with Gasteiger partial charge in [-0.25, -0.2) is 9.78 Å². The number of ether oxygens (including phenoxy) is 1. The summed E-state index contributed by atoms with van der Waals surface area (Å²) in [5.41, 5.74) is 1.36. The van der Waals surface area contributed by atoms with Gasteiger partial charge in [-0.3, -0.25) is 0 Å². The van der Waals surface area contributed by atoms with Gasteiger partial charge in [0.1, 0.15) is 0 Å². The number of nitrogens with one attached hydrogen (secondary N) is 2. The molecule has 2 N–H and O–H groups in total. The van der Waals surface area contributed by atoms with Crippen molar-refractivity contribution < 1.29 is 9.53 Å². The molecule has 0 radical (unpaired) electrons. The Morgan fingerprint density at radius 2 is 1.83 bits per heavy atom. The van der Waals surface area contributed by atoms with Crippen LogP contribution in [0.2, 0.25) is 0 Å². The van der Waals surface area contributed by atoms with E-state index in [1.807, 2.05) is 12.1 Å². The average Bonchev–Trinajstić information content (AvgIpc) is 2.57. The molecule has 130 valence electrons. The number of pyridine rings is 1. The lowest BCUT2D eigenvalue weighted by atomic mass is 9.49. The van der Waals surface area contributed by atoms with Gasteiger partial charge in [0.05, 0.1) is 7.11 Å². The lowest BCUT2D eigenvalue weighted by Crippen LogP contribution is -2.52. The van der Waals surface area contributed by atoms with Crippen LogP contribution in [0.5, 0.6) is 5.88 Å². The standard InChI is InChI=1S/C19H27N3O2/c1-24-17-3-2-13(10-20-17)11-21-18(23)22-12-19-7-14-4-15(8-19)6-16(5-14)9-19/h2-3,10,14-16H,4-9,11-12H2,1H3,(H2,21,22,23). The Morgan fingerprint density at radius 1 is 1.17 bits per heavy atom. The van der Waals surface area contributed by atoms with E-state index in [1.165, 1.54) is 38.5 Å². The molecule has 0 unspecified atom stereocenters. The SMILES string of the molecule is COc1ccc(CNC(=O)NCC23CC4CC(CC(C4)C2)C3)cn1. The Balaban J connectivity index is 1.26. The molecule has 2 amide bonds. The van der Waals surface area contributed by atoms with Crippen molar-refractivity contribution >= 4 is 6.03 Å². The highest BCUT2D eigenvalue weighted by Gasteiger charge is 2.50. The third-order valence-electron chi connectivity index (χ3n) is 6.25. The molecule has 5 nitrogen and oxygen atoms in total. The summed E-state index contributed by atoms with van der Waals surface area (Å²) in [7, 11) is 1.60. The van der Waals surface area contributed by atoms with Gasteiger partial charge in [0, 0.05) is 25.4 Å². The molecule has 24 heavy (non-hydrogen) atoms. The van der Waals surface area contributed by atoms with Gasteiger partial charge >= 0.3 is 6.03 Å². The average molecular weight is 329 g/mol. The lowest BCUT2D eigenvalue weighted by molar-refractivity contribution is -0.0498. The fourth-order valence-electron chi connectivity index (χ4n) is 5.66. The van der Waals surface area contributed by atoms with Gasteiger partial charge in [0.2, 0.25) is 5.88 Å². The van der Waals surface area contributed by atoms with Crippen molar-refractivity contribution in [3.63, 3.8) is 0 Å². The second kappa shape index (κ2) is 6.26. The molecule has 0 atom stereocenters. The van der Waals surface area contributed by atoms with Crippen LogP contribution in [0.4, 0.5) is 4.79 Å². The van der Waals surface area contributed by atoms with Crippen molar-refractivity contribution in [2.24, 2.45) is 23.2 Å². The van der Waals surface area contributed by atoms with Gasteiger partial charge in [-0.2, -0.15) is 0 Å². The Hall–Kier alpha value is -1.78. The second-order valence-corrected chi connectivity index (χ2v) is 8.16. The first kappa shape index (κ1) is 15.7. The molecule has 0 spiro atoms. The van der Waals surface area contributed by atoms with Crippen LogP contribution in [0, 0.1) is 23.2 Å². The topological polar surface area (TPSA) is 63.2 Å². The minimum absolute atomic E-state index is 0.0680. The van der Waals surface area contributed by atoms with E-state index in [0.29, 0.717) is 17.8 Å². The van der Waals surface area contributed by atoms with Crippen LogP contribution >= 0.6 is 0 Å². The van der Waals surface area contributed by atoms with Crippen molar-refractivity contribution in [1.82, 2.24) is 15.6 Å². The van der Waals surface area contributed by atoms with Crippen molar-refractivity contribution in [1.29, 1.82) is 0 Å². The van der Waals surface area contributed by atoms with Crippen LogP contribution < -0.4 is 15.4 Å². The number of carbonyl (C=O) groups is 1. The molecule has 1 heterocycles. The maximum atomic E-state index is 12.2. The Morgan fingerprint density at radius 3 is 2.38 bits per heavy atom. The Kier molecular flexibility index (Phi) is 4.10. The van der Waals surface area contributed by atoms with Crippen molar-refractivity contribution in [2.45, 2.75) is 45.1 Å². The lowest BCUT2D eigenvalue weighted by Gasteiger charge is -2.56. The third-order valence-corrected chi connectivity index (χ3v) is 6.25. The summed E-state index contributed by atoms with van der Waals surface area (Å²) in [6.07, 6.45) is 10.0. The number of aromatic nitrogens is 1. The predicted molar refractivity (Wildman–Crippen MR) is 91.6 cm³/mol. The number of urea groups is 1. The van der Waals surface area contributed by atoms with Crippen molar-refractivity contribution in [2.75, 3.05) is 13.7 Å². The maximum absolute atomic E-state index is 12.2. The number of rotatable bonds is 5. The molecule has 0 aromatic carbocycles. The van der Waals surface area contributed by atoms with Crippen molar-refractivity contribution in [3.8, 4) is 5.88 Å². The van der Waals surface area contributed by atoms with Crippen LogP contribution in [0.1, 0.15) is 44.1 Å². The highest BCUT2D eigenvalue weighted by Crippen LogP contribution is 2.59. The van der Waals surface area contributed by atoms with Gasteiger partial charge in [0.15, 0.2) is 0 Å². The molecule has 5 rings (SSSR count). The molecule has 4 bridgehead atoms. The fourth-order valence-corrected chi connectivity index (χ4v) is 5.66.